The number of aromatic hydroxyl groups is 1. The van der Waals surface area contributed by atoms with E-state index in [0.29, 0.717) is 6.42 Å². The second-order valence-corrected chi connectivity index (χ2v) is 5.11. The lowest BCUT2D eigenvalue weighted by Crippen LogP contribution is -2.14. The van der Waals surface area contributed by atoms with Crippen molar-refractivity contribution >= 4 is 5.97 Å². The van der Waals surface area contributed by atoms with Crippen LogP contribution in [0.15, 0.2) is 42.5 Å². The lowest BCUT2D eigenvalue weighted by atomic mass is 9.90. The number of rotatable bonds is 4. The Balaban J connectivity index is 2.29. The molecule has 0 amide bonds. The topological polar surface area (TPSA) is 57.5 Å². The minimum atomic E-state index is -0.832. The first-order valence-corrected chi connectivity index (χ1v) is 6.55. The summed E-state index contributed by atoms with van der Waals surface area (Å²) in [5, 5.41) is 18.7. The molecule has 1 atom stereocenters. The highest BCUT2D eigenvalue weighted by molar-refractivity contribution is 5.76. The summed E-state index contributed by atoms with van der Waals surface area (Å²) in [6, 6.07) is 12.4. The molecule has 3 nitrogen and oxygen atoms in total. The van der Waals surface area contributed by atoms with Gasteiger partial charge in [0.25, 0.3) is 0 Å². The van der Waals surface area contributed by atoms with Gasteiger partial charge in [0, 0.05) is 0 Å². The molecule has 0 aromatic heterocycles. The van der Waals surface area contributed by atoms with Crippen LogP contribution in [0.1, 0.15) is 28.2 Å². The number of benzene rings is 2. The van der Waals surface area contributed by atoms with Crippen molar-refractivity contribution in [3.05, 3.63) is 64.7 Å². The van der Waals surface area contributed by atoms with E-state index in [1.54, 1.807) is 24.3 Å². The van der Waals surface area contributed by atoms with E-state index in [-0.39, 0.29) is 5.75 Å². The number of carboxylic acids is 1. The summed E-state index contributed by atoms with van der Waals surface area (Å²) in [5.41, 5.74) is 3.96. The number of hydrogen-bond donors (Lipinski definition) is 2. The first-order chi connectivity index (χ1) is 9.47. The highest BCUT2D eigenvalue weighted by Gasteiger charge is 2.20. The number of phenols is 1. The Morgan fingerprint density at radius 2 is 1.70 bits per heavy atom. The number of hydrogen-bond acceptors (Lipinski definition) is 2. The Kier molecular flexibility index (Phi) is 4.08. The predicted octanol–water partition coefficient (Wildman–Crippen LogP) is 3.42. The van der Waals surface area contributed by atoms with Crippen molar-refractivity contribution < 1.29 is 15.0 Å². The lowest BCUT2D eigenvalue weighted by Gasteiger charge is -2.14. The Morgan fingerprint density at radius 3 is 2.25 bits per heavy atom. The number of aliphatic carboxylic acids is 1. The van der Waals surface area contributed by atoms with Gasteiger partial charge in [0.1, 0.15) is 5.75 Å². The summed E-state index contributed by atoms with van der Waals surface area (Å²) in [6.07, 6.45) is 0.415. The summed E-state index contributed by atoms with van der Waals surface area (Å²) >= 11 is 0. The van der Waals surface area contributed by atoms with Crippen LogP contribution in [0, 0.1) is 13.8 Å². The molecule has 0 aliphatic carbocycles. The molecule has 104 valence electrons. The van der Waals surface area contributed by atoms with E-state index in [0.717, 1.165) is 22.3 Å². The smallest absolute Gasteiger partial charge is 0.311 e. The van der Waals surface area contributed by atoms with Gasteiger partial charge < -0.3 is 10.2 Å². The largest absolute Gasteiger partial charge is 0.508 e. The molecule has 2 aromatic carbocycles. The van der Waals surface area contributed by atoms with Crippen LogP contribution in [-0.2, 0) is 11.2 Å². The first kappa shape index (κ1) is 14.1. The maximum atomic E-state index is 11.5. The summed E-state index contributed by atoms with van der Waals surface area (Å²) in [7, 11) is 0. The van der Waals surface area contributed by atoms with Crippen LogP contribution in [0.2, 0.25) is 0 Å². The van der Waals surface area contributed by atoms with Crippen molar-refractivity contribution in [3.63, 3.8) is 0 Å². The van der Waals surface area contributed by atoms with Crippen LogP contribution in [0.5, 0.6) is 5.75 Å². The van der Waals surface area contributed by atoms with E-state index in [1.807, 2.05) is 32.0 Å². The monoisotopic (exact) mass is 270 g/mol. The summed E-state index contributed by atoms with van der Waals surface area (Å²) in [6.45, 7) is 3.99. The van der Waals surface area contributed by atoms with Crippen LogP contribution in [-0.4, -0.2) is 16.2 Å². The molecule has 0 fully saturated rings. The van der Waals surface area contributed by atoms with Crippen molar-refractivity contribution in [1.82, 2.24) is 0 Å². The molecule has 0 heterocycles. The average Bonchev–Trinajstić information content (AvgIpc) is 2.41. The maximum absolute atomic E-state index is 11.5. The fraction of sp³-hybridized carbons (Fsp3) is 0.235. The molecule has 0 aliphatic heterocycles. The van der Waals surface area contributed by atoms with Gasteiger partial charge in [0.15, 0.2) is 0 Å². The molecular formula is C17H18O3. The van der Waals surface area contributed by atoms with Crippen molar-refractivity contribution in [1.29, 1.82) is 0 Å². The molecule has 1 unspecified atom stereocenters. The summed E-state index contributed by atoms with van der Waals surface area (Å²) < 4.78 is 0. The molecule has 2 aromatic rings. The Labute approximate surface area is 118 Å². The molecule has 0 spiro atoms. The van der Waals surface area contributed by atoms with Crippen LogP contribution in [0.3, 0.4) is 0 Å². The SMILES string of the molecule is Cc1ccc(C(Cc2ccc(O)cc2)C(=O)O)cc1C. The third kappa shape index (κ3) is 3.18. The van der Waals surface area contributed by atoms with Crippen LogP contribution in [0.25, 0.3) is 0 Å². The molecule has 20 heavy (non-hydrogen) atoms. The second-order valence-electron chi connectivity index (χ2n) is 5.11. The molecule has 0 radical (unpaired) electrons. The zero-order chi connectivity index (χ0) is 14.7. The zero-order valence-corrected chi connectivity index (χ0v) is 11.6. The predicted molar refractivity (Wildman–Crippen MR) is 78.1 cm³/mol. The van der Waals surface area contributed by atoms with E-state index in [2.05, 4.69) is 0 Å². The fourth-order valence-corrected chi connectivity index (χ4v) is 2.20. The van der Waals surface area contributed by atoms with E-state index < -0.39 is 11.9 Å². The van der Waals surface area contributed by atoms with Gasteiger partial charge in [0.05, 0.1) is 5.92 Å². The van der Waals surface area contributed by atoms with Crippen LogP contribution >= 0.6 is 0 Å². The van der Waals surface area contributed by atoms with E-state index >= 15 is 0 Å². The number of carboxylic acid groups (broad SMARTS) is 1. The maximum Gasteiger partial charge on any atom is 0.311 e. The van der Waals surface area contributed by atoms with Gasteiger partial charge in [-0.3, -0.25) is 4.79 Å². The molecule has 2 N–H and O–H groups in total. The molecular weight excluding hydrogens is 252 g/mol. The molecule has 0 aliphatic rings. The normalized spacial score (nSPS) is 12.1. The summed E-state index contributed by atoms with van der Waals surface area (Å²) in [4.78, 5) is 11.5. The molecule has 0 saturated heterocycles. The molecule has 0 saturated carbocycles. The van der Waals surface area contributed by atoms with Gasteiger partial charge in [-0.2, -0.15) is 0 Å². The number of carbonyl (C=O) groups is 1. The van der Waals surface area contributed by atoms with Gasteiger partial charge in [-0.25, -0.2) is 0 Å². The Morgan fingerprint density at radius 1 is 1.05 bits per heavy atom. The highest BCUT2D eigenvalue weighted by Crippen LogP contribution is 2.24. The van der Waals surface area contributed by atoms with Gasteiger partial charge in [0.2, 0.25) is 0 Å². The minimum absolute atomic E-state index is 0.187. The van der Waals surface area contributed by atoms with E-state index in [4.69, 9.17) is 0 Å². The van der Waals surface area contributed by atoms with Crippen LogP contribution < -0.4 is 0 Å². The average molecular weight is 270 g/mol. The van der Waals surface area contributed by atoms with E-state index in [9.17, 15) is 15.0 Å². The lowest BCUT2D eigenvalue weighted by molar-refractivity contribution is -0.138. The van der Waals surface area contributed by atoms with E-state index in [1.165, 1.54) is 0 Å². The standard InChI is InChI=1S/C17H18O3/c1-11-3-6-14(9-12(11)2)16(17(19)20)10-13-4-7-15(18)8-5-13/h3-9,16,18H,10H2,1-2H3,(H,19,20). The fourth-order valence-electron chi connectivity index (χ4n) is 2.20. The molecule has 0 bridgehead atoms. The Hall–Kier alpha value is -2.29. The molecule has 3 heteroatoms. The van der Waals surface area contributed by atoms with Crippen molar-refractivity contribution in [2.45, 2.75) is 26.2 Å². The summed E-state index contributed by atoms with van der Waals surface area (Å²) in [5.74, 6) is -1.22. The molecule has 2 rings (SSSR count). The Bertz CT molecular complexity index is 615. The van der Waals surface area contributed by atoms with Gasteiger partial charge in [-0.05, 0) is 54.7 Å². The second kappa shape index (κ2) is 5.78. The minimum Gasteiger partial charge on any atom is -0.508 e. The van der Waals surface area contributed by atoms with Crippen molar-refractivity contribution in [2.75, 3.05) is 0 Å². The quantitative estimate of drug-likeness (QED) is 0.895. The van der Waals surface area contributed by atoms with Gasteiger partial charge in [-0.1, -0.05) is 30.3 Å². The van der Waals surface area contributed by atoms with Crippen molar-refractivity contribution in [2.24, 2.45) is 0 Å². The number of phenolic OH excluding ortho intramolecular Hbond substituents is 1. The van der Waals surface area contributed by atoms with Gasteiger partial charge >= 0.3 is 5.97 Å². The van der Waals surface area contributed by atoms with Crippen molar-refractivity contribution in [3.8, 4) is 5.75 Å². The zero-order valence-electron chi connectivity index (χ0n) is 11.6. The van der Waals surface area contributed by atoms with Gasteiger partial charge in [-0.15, -0.1) is 0 Å². The third-order valence-corrected chi connectivity index (χ3v) is 3.61. The third-order valence-electron chi connectivity index (χ3n) is 3.61. The number of aryl methyl sites for hydroxylation is 2. The highest BCUT2D eigenvalue weighted by atomic mass is 16.4. The first-order valence-electron chi connectivity index (χ1n) is 6.55. The van der Waals surface area contributed by atoms with Crippen LogP contribution in [0.4, 0.5) is 0 Å².